The Bertz CT molecular complexity index is 642. The van der Waals surface area contributed by atoms with Gasteiger partial charge >= 0.3 is 5.97 Å². The zero-order valence-electron chi connectivity index (χ0n) is 10.8. The van der Waals surface area contributed by atoms with E-state index in [1.807, 2.05) is 32.0 Å². The summed E-state index contributed by atoms with van der Waals surface area (Å²) in [5.74, 6) is -1.08. The number of fused-ring (bicyclic) bond motifs is 1. The lowest BCUT2D eigenvalue weighted by molar-refractivity contribution is -0.136. The number of carboxylic acids is 1. The molecule has 19 heavy (non-hydrogen) atoms. The molecule has 1 aromatic heterocycles. The van der Waals surface area contributed by atoms with Crippen LogP contribution < -0.4 is 5.32 Å². The Hall–Kier alpha value is -2.30. The summed E-state index contributed by atoms with van der Waals surface area (Å²) >= 11 is 0. The molecule has 0 radical (unpaired) electrons. The molecule has 5 nitrogen and oxygen atoms in total. The fourth-order valence-corrected chi connectivity index (χ4v) is 1.96. The molecule has 1 heterocycles. The van der Waals surface area contributed by atoms with Crippen molar-refractivity contribution in [2.45, 2.75) is 20.3 Å². The standard InChI is InChI=1S/C14H15NO4/c1-8-4-3-5-10-9(2)13(19-12(8)10)14(18)15-7-6-11(16)17/h3-5H,6-7H2,1-2H3,(H,15,18)(H,16,17). The molecule has 0 aliphatic rings. The van der Waals surface area contributed by atoms with Crippen molar-refractivity contribution >= 4 is 22.8 Å². The minimum absolute atomic E-state index is 0.0869. The van der Waals surface area contributed by atoms with Gasteiger partial charge in [-0.15, -0.1) is 0 Å². The molecule has 0 bridgehead atoms. The Kier molecular flexibility index (Phi) is 3.55. The van der Waals surface area contributed by atoms with Crippen LogP contribution in [0.1, 0.15) is 28.1 Å². The number of carbonyl (C=O) groups excluding carboxylic acids is 1. The van der Waals surface area contributed by atoms with Gasteiger partial charge in [0.15, 0.2) is 5.76 Å². The lowest BCUT2D eigenvalue weighted by Crippen LogP contribution is -2.26. The van der Waals surface area contributed by atoms with Crippen LogP contribution in [0.2, 0.25) is 0 Å². The number of carboxylic acid groups (broad SMARTS) is 1. The highest BCUT2D eigenvalue weighted by molar-refractivity contribution is 5.99. The first-order chi connectivity index (χ1) is 9.00. The fourth-order valence-electron chi connectivity index (χ4n) is 1.96. The molecular weight excluding hydrogens is 246 g/mol. The minimum Gasteiger partial charge on any atom is -0.481 e. The van der Waals surface area contributed by atoms with Crippen molar-refractivity contribution in [1.82, 2.24) is 5.32 Å². The van der Waals surface area contributed by atoms with Crippen LogP contribution in [0.3, 0.4) is 0 Å². The topological polar surface area (TPSA) is 79.5 Å². The predicted molar refractivity (Wildman–Crippen MR) is 70.3 cm³/mol. The van der Waals surface area contributed by atoms with Crippen LogP contribution in [0.5, 0.6) is 0 Å². The summed E-state index contributed by atoms with van der Waals surface area (Å²) in [7, 11) is 0. The van der Waals surface area contributed by atoms with Crippen LogP contribution in [-0.4, -0.2) is 23.5 Å². The van der Waals surface area contributed by atoms with E-state index in [1.165, 1.54) is 0 Å². The van der Waals surface area contributed by atoms with Gasteiger partial charge in [-0.2, -0.15) is 0 Å². The van der Waals surface area contributed by atoms with E-state index in [2.05, 4.69) is 5.32 Å². The summed E-state index contributed by atoms with van der Waals surface area (Å²) in [5, 5.41) is 12.0. The number of hydrogen-bond acceptors (Lipinski definition) is 3. The van der Waals surface area contributed by atoms with Crippen LogP contribution in [0.25, 0.3) is 11.0 Å². The number of carbonyl (C=O) groups is 2. The number of hydrogen-bond donors (Lipinski definition) is 2. The molecule has 1 aromatic carbocycles. The van der Waals surface area contributed by atoms with E-state index < -0.39 is 5.97 Å². The number of benzene rings is 1. The first-order valence-electron chi connectivity index (χ1n) is 5.99. The van der Waals surface area contributed by atoms with Crippen molar-refractivity contribution in [3.05, 3.63) is 35.1 Å². The zero-order valence-corrected chi connectivity index (χ0v) is 10.8. The van der Waals surface area contributed by atoms with Gasteiger partial charge in [-0.1, -0.05) is 18.2 Å². The van der Waals surface area contributed by atoms with E-state index in [1.54, 1.807) is 0 Å². The van der Waals surface area contributed by atoms with Crippen molar-refractivity contribution in [2.24, 2.45) is 0 Å². The molecule has 0 aliphatic carbocycles. The normalized spacial score (nSPS) is 10.6. The van der Waals surface area contributed by atoms with E-state index in [4.69, 9.17) is 9.52 Å². The number of nitrogens with one attached hydrogen (secondary N) is 1. The lowest BCUT2D eigenvalue weighted by Gasteiger charge is -2.01. The van der Waals surface area contributed by atoms with Gasteiger partial charge < -0.3 is 14.8 Å². The summed E-state index contributed by atoms with van der Waals surface area (Å²) in [6.07, 6.45) is -0.107. The van der Waals surface area contributed by atoms with Crippen molar-refractivity contribution < 1.29 is 19.1 Å². The summed E-state index contributed by atoms with van der Waals surface area (Å²) in [4.78, 5) is 22.3. The molecule has 2 aromatic rings. The second kappa shape index (κ2) is 5.14. The van der Waals surface area contributed by atoms with Crippen LogP contribution in [0.4, 0.5) is 0 Å². The van der Waals surface area contributed by atoms with Gasteiger partial charge in [0.1, 0.15) is 5.58 Å². The number of furan rings is 1. The zero-order chi connectivity index (χ0) is 14.0. The highest BCUT2D eigenvalue weighted by Gasteiger charge is 2.18. The molecule has 0 fully saturated rings. The van der Waals surface area contributed by atoms with E-state index in [0.29, 0.717) is 5.58 Å². The molecule has 0 unspecified atom stereocenters. The number of aryl methyl sites for hydroxylation is 2. The van der Waals surface area contributed by atoms with E-state index in [-0.39, 0.29) is 24.6 Å². The molecule has 0 saturated heterocycles. The maximum absolute atomic E-state index is 11.9. The molecular formula is C14H15NO4. The highest BCUT2D eigenvalue weighted by atomic mass is 16.4. The molecule has 0 aliphatic heterocycles. The van der Waals surface area contributed by atoms with Gasteiger partial charge in [-0.25, -0.2) is 0 Å². The molecule has 2 rings (SSSR count). The fraction of sp³-hybridized carbons (Fsp3) is 0.286. The van der Waals surface area contributed by atoms with Crippen molar-refractivity contribution in [2.75, 3.05) is 6.54 Å². The quantitative estimate of drug-likeness (QED) is 0.884. The van der Waals surface area contributed by atoms with Crippen LogP contribution in [-0.2, 0) is 4.79 Å². The van der Waals surface area contributed by atoms with Gasteiger partial charge in [0.05, 0.1) is 6.42 Å². The highest BCUT2D eigenvalue weighted by Crippen LogP contribution is 2.27. The first-order valence-corrected chi connectivity index (χ1v) is 5.99. The second-order valence-electron chi connectivity index (χ2n) is 4.41. The smallest absolute Gasteiger partial charge is 0.305 e. The molecule has 5 heteroatoms. The third-order valence-electron chi connectivity index (χ3n) is 2.99. The maximum Gasteiger partial charge on any atom is 0.305 e. The number of aliphatic carboxylic acids is 1. The Balaban J connectivity index is 2.25. The van der Waals surface area contributed by atoms with Gasteiger partial charge in [-0.05, 0) is 19.4 Å². The average molecular weight is 261 g/mol. The summed E-state index contributed by atoms with van der Waals surface area (Å²) in [5.41, 5.74) is 2.43. The SMILES string of the molecule is Cc1c(C(=O)NCCC(=O)O)oc2c(C)cccc12. The second-order valence-corrected chi connectivity index (χ2v) is 4.41. The number of para-hydroxylation sites is 1. The van der Waals surface area contributed by atoms with Gasteiger partial charge in [0.2, 0.25) is 0 Å². The molecule has 0 saturated carbocycles. The Morgan fingerprint density at radius 2 is 2.05 bits per heavy atom. The lowest BCUT2D eigenvalue weighted by atomic mass is 10.1. The van der Waals surface area contributed by atoms with Crippen molar-refractivity contribution in [3.8, 4) is 0 Å². The van der Waals surface area contributed by atoms with E-state index in [0.717, 1.165) is 16.5 Å². The van der Waals surface area contributed by atoms with Crippen LogP contribution >= 0.6 is 0 Å². The Morgan fingerprint density at radius 3 is 2.68 bits per heavy atom. The molecule has 1 amide bonds. The number of amides is 1. The molecule has 100 valence electrons. The van der Waals surface area contributed by atoms with Crippen molar-refractivity contribution in [3.63, 3.8) is 0 Å². The van der Waals surface area contributed by atoms with E-state index >= 15 is 0 Å². The van der Waals surface area contributed by atoms with Gasteiger partial charge in [0.25, 0.3) is 5.91 Å². The first kappa shape index (κ1) is 13.1. The summed E-state index contributed by atoms with van der Waals surface area (Å²) < 4.78 is 5.59. The minimum atomic E-state index is -0.947. The monoisotopic (exact) mass is 261 g/mol. The van der Waals surface area contributed by atoms with E-state index in [9.17, 15) is 9.59 Å². The molecule has 2 N–H and O–H groups in total. The van der Waals surface area contributed by atoms with Crippen molar-refractivity contribution in [1.29, 1.82) is 0 Å². The van der Waals surface area contributed by atoms with Crippen LogP contribution in [0, 0.1) is 13.8 Å². The average Bonchev–Trinajstić information content (AvgIpc) is 2.68. The number of rotatable bonds is 4. The summed E-state index contributed by atoms with van der Waals surface area (Å²) in [6.45, 7) is 3.82. The largest absolute Gasteiger partial charge is 0.481 e. The summed E-state index contributed by atoms with van der Waals surface area (Å²) in [6, 6.07) is 5.72. The van der Waals surface area contributed by atoms with Crippen LogP contribution in [0.15, 0.2) is 22.6 Å². The third-order valence-corrected chi connectivity index (χ3v) is 2.99. The predicted octanol–water partition coefficient (Wildman–Crippen LogP) is 2.25. The maximum atomic E-state index is 11.9. The third kappa shape index (κ3) is 2.59. The van der Waals surface area contributed by atoms with Gasteiger partial charge in [0, 0.05) is 17.5 Å². The molecule has 0 atom stereocenters. The Labute approximate surface area is 110 Å². The molecule has 0 spiro atoms. The van der Waals surface area contributed by atoms with Gasteiger partial charge in [-0.3, -0.25) is 9.59 Å². The Morgan fingerprint density at radius 1 is 1.32 bits per heavy atom.